The van der Waals surface area contributed by atoms with Gasteiger partial charge in [-0.15, -0.1) is 0 Å². The summed E-state index contributed by atoms with van der Waals surface area (Å²) in [5, 5.41) is 0. The smallest absolute Gasteiger partial charge is 0.00998 e. The van der Waals surface area contributed by atoms with E-state index in [0.717, 1.165) is 25.9 Å². The fraction of sp³-hybridized carbons (Fsp3) is 0.625. The fourth-order valence-corrected chi connectivity index (χ4v) is 1.87. The Bertz CT molecular complexity index is 327. The van der Waals surface area contributed by atoms with E-state index in [1.807, 2.05) is 0 Å². The van der Waals surface area contributed by atoms with Crippen molar-refractivity contribution in [2.24, 2.45) is 11.1 Å². The molecule has 102 valence electrons. The average Bonchev–Trinajstić information content (AvgIpc) is 2.33. The van der Waals surface area contributed by atoms with Crippen LogP contribution in [0.3, 0.4) is 0 Å². The molecule has 0 saturated heterocycles. The molecular weight excluding hydrogens is 220 g/mol. The quantitative estimate of drug-likeness (QED) is 0.838. The van der Waals surface area contributed by atoms with Gasteiger partial charge in [0.2, 0.25) is 0 Å². The summed E-state index contributed by atoms with van der Waals surface area (Å²) < 4.78 is 0. The molecule has 18 heavy (non-hydrogen) atoms. The van der Waals surface area contributed by atoms with Crippen LogP contribution in [0.5, 0.6) is 0 Å². The molecule has 0 spiro atoms. The lowest BCUT2D eigenvalue weighted by atomic mass is 9.85. The fourth-order valence-electron chi connectivity index (χ4n) is 1.87. The van der Waals surface area contributed by atoms with Gasteiger partial charge >= 0.3 is 0 Å². The van der Waals surface area contributed by atoms with Crippen LogP contribution in [0.15, 0.2) is 30.3 Å². The minimum atomic E-state index is 0.209. The Balaban J connectivity index is 2.24. The van der Waals surface area contributed by atoms with Crippen molar-refractivity contribution in [3.8, 4) is 0 Å². The van der Waals surface area contributed by atoms with Crippen molar-refractivity contribution in [1.82, 2.24) is 4.90 Å². The molecule has 0 fully saturated rings. The average molecular weight is 248 g/mol. The van der Waals surface area contributed by atoms with Crippen molar-refractivity contribution in [3.05, 3.63) is 35.9 Å². The Labute approximate surface area is 112 Å². The van der Waals surface area contributed by atoms with Gasteiger partial charge in [0.25, 0.3) is 0 Å². The second kappa shape index (κ2) is 6.91. The highest BCUT2D eigenvalue weighted by molar-refractivity contribution is 5.14. The Hall–Kier alpha value is -0.860. The molecule has 1 aromatic rings. The first-order chi connectivity index (χ1) is 8.39. The standard InChI is InChI=1S/C16H28N2/c1-16(2,3)15(17)11-13-18(4)12-10-14-8-6-5-7-9-14/h5-9,15H,10-13,17H2,1-4H3. The van der Waals surface area contributed by atoms with Crippen LogP contribution >= 0.6 is 0 Å². The van der Waals surface area contributed by atoms with E-state index in [-0.39, 0.29) is 11.5 Å². The van der Waals surface area contributed by atoms with E-state index >= 15 is 0 Å². The van der Waals surface area contributed by atoms with Gasteiger partial charge in [-0.3, -0.25) is 0 Å². The Morgan fingerprint density at radius 1 is 1.11 bits per heavy atom. The molecular formula is C16H28N2. The lowest BCUT2D eigenvalue weighted by molar-refractivity contribution is 0.256. The monoisotopic (exact) mass is 248 g/mol. The molecule has 0 radical (unpaired) electrons. The first kappa shape index (κ1) is 15.2. The predicted octanol–water partition coefficient (Wildman–Crippen LogP) is 2.92. The second-order valence-corrected chi connectivity index (χ2v) is 6.30. The molecule has 0 aliphatic rings. The maximum absolute atomic E-state index is 6.18. The van der Waals surface area contributed by atoms with Gasteiger partial charge in [0.05, 0.1) is 0 Å². The van der Waals surface area contributed by atoms with E-state index < -0.39 is 0 Å². The zero-order valence-corrected chi connectivity index (χ0v) is 12.3. The largest absolute Gasteiger partial charge is 0.327 e. The molecule has 1 rings (SSSR count). The highest BCUT2D eigenvalue weighted by Gasteiger charge is 2.20. The van der Waals surface area contributed by atoms with E-state index in [4.69, 9.17) is 5.73 Å². The van der Waals surface area contributed by atoms with Gasteiger partial charge in [-0.1, -0.05) is 51.1 Å². The highest BCUT2D eigenvalue weighted by Crippen LogP contribution is 2.19. The van der Waals surface area contributed by atoms with E-state index in [9.17, 15) is 0 Å². The maximum atomic E-state index is 6.18. The molecule has 0 bridgehead atoms. The number of likely N-dealkylation sites (N-methyl/N-ethyl adjacent to an activating group) is 1. The van der Waals surface area contributed by atoms with Crippen LogP contribution in [0.25, 0.3) is 0 Å². The van der Waals surface area contributed by atoms with Crippen molar-refractivity contribution >= 4 is 0 Å². The zero-order chi connectivity index (χ0) is 13.6. The van der Waals surface area contributed by atoms with Gasteiger partial charge in [0.15, 0.2) is 0 Å². The van der Waals surface area contributed by atoms with E-state index in [1.165, 1.54) is 5.56 Å². The third-order valence-corrected chi connectivity index (χ3v) is 3.56. The van der Waals surface area contributed by atoms with Crippen LogP contribution in [-0.4, -0.2) is 31.1 Å². The summed E-state index contributed by atoms with van der Waals surface area (Å²) in [6.07, 6.45) is 2.18. The lowest BCUT2D eigenvalue weighted by Crippen LogP contribution is -2.38. The first-order valence-corrected chi connectivity index (χ1v) is 6.87. The van der Waals surface area contributed by atoms with Crippen LogP contribution in [0, 0.1) is 5.41 Å². The van der Waals surface area contributed by atoms with E-state index in [2.05, 4.69) is 63.1 Å². The predicted molar refractivity (Wildman–Crippen MR) is 79.7 cm³/mol. The Morgan fingerprint density at radius 3 is 2.28 bits per heavy atom. The molecule has 1 unspecified atom stereocenters. The van der Waals surface area contributed by atoms with Crippen molar-refractivity contribution < 1.29 is 0 Å². The minimum absolute atomic E-state index is 0.209. The van der Waals surface area contributed by atoms with Crippen molar-refractivity contribution in [1.29, 1.82) is 0 Å². The van der Waals surface area contributed by atoms with Gasteiger partial charge in [-0.2, -0.15) is 0 Å². The summed E-state index contributed by atoms with van der Waals surface area (Å²) in [6.45, 7) is 8.80. The summed E-state index contributed by atoms with van der Waals surface area (Å²) in [5.41, 5.74) is 7.80. The van der Waals surface area contributed by atoms with Crippen molar-refractivity contribution in [3.63, 3.8) is 0 Å². The lowest BCUT2D eigenvalue weighted by Gasteiger charge is -2.28. The normalized spacial score (nSPS) is 13.9. The summed E-state index contributed by atoms with van der Waals surface area (Å²) in [6, 6.07) is 10.9. The molecule has 1 atom stereocenters. The van der Waals surface area contributed by atoms with Gasteiger partial charge in [0.1, 0.15) is 0 Å². The molecule has 0 aliphatic carbocycles. The SMILES string of the molecule is CN(CCc1ccccc1)CCC(N)C(C)(C)C. The molecule has 2 nitrogen and oxygen atoms in total. The topological polar surface area (TPSA) is 29.3 Å². The summed E-state index contributed by atoms with van der Waals surface area (Å²) in [7, 11) is 2.18. The van der Waals surface area contributed by atoms with Crippen LogP contribution in [0.4, 0.5) is 0 Å². The molecule has 2 N–H and O–H groups in total. The molecule has 0 saturated carbocycles. The van der Waals surface area contributed by atoms with Crippen LogP contribution in [0.1, 0.15) is 32.8 Å². The van der Waals surface area contributed by atoms with Crippen LogP contribution in [-0.2, 0) is 6.42 Å². The number of rotatable bonds is 6. The first-order valence-electron chi connectivity index (χ1n) is 6.87. The van der Waals surface area contributed by atoms with Gasteiger partial charge in [-0.05, 0) is 37.4 Å². The highest BCUT2D eigenvalue weighted by atomic mass is 15.1. The number of hydrogen-bond acceptors (Lipinski definition) is 2. The van der Waals surface area contributed by atoms with Crippen molar-refractivity contribution in [2.45, 2.75) is 39.7 Å². The second-order valence-electron chi connectivity index (χ2n) is 6.30. The van der Waals surface area contributed by atoms with Gasteiger partial charge in [-0.25, -0.2) is 0 Å². The minimum Gasteiger partial charge on any atom is -0.327 e. The molecule has 0 aromatic heterocycles. The number of benzene rings is 1. The summed E-state index contributed by atoms with van der Waals surface area (Å²) >= 11 is 0. The van der Waals surface area contributed by atoms with Gasteiger partial charge < -0.3 is 10.6 Å². The maximum Gasteiger partial charge on any atom is 0.00998 e. The molecule has 0 amide bonds. The Morgan fingerprint density at radius 2 is 1.72 bits per heavy atom. The number of nitrogens with zero attached hydrogens (tertiary/aromatic N) is 1. The summed E-state index contributed by atoms with van der Waals surface area (Å²) in [5.74, 6) is 0. The van der Waals surface area contributed by atoms with Crippen LogP contribution in [0.2, 0.25) is 0 Å². The molecule has 0 aliphatic heterocycles. The third-order valence-electron chi connectivity index (χ3n) is 3.56. The van der Waals surface area contributed by atoms with Crippen molar-refractivity contribution in [2.75, 3.05) is 20.1 Å². The molecule has 1 aromatic carbocycles. The number of nitrogens with two attached hydrogens (primary N) is 1. The Kier molecular flexibility index (Phi) is 5.83. The molecule has 0 heterocycles. The summed E-state index contributed by atoms with van der Waals surface area (Å²) in [4.78, 5) is 2.37. The third kappa shape index (κ3) is 5.65. The zero-order valence-electron chi connectivity index (χ0n) is 12.3. The number of hydrogen-bond donors (Lipinski definition) is 1. The molecule has 2 heteroatoms. The van der Waals surface area contributed by atoms with E-state index in [0.29, 0.717) is 0 Å². The van der Waals surface area contributed by atoms with E-state index in [1.54, 1.807) is 0 Å². The van der Waals surface area contributed by atoms with Gasteiger partial charge in [0, 0.05) is 12.6 Å². The van der Waals surface area contributed by atoms with Crippen LogP contribution < -0.4 is 5.73 Å².